The zero-order valence-corrected chi connectivity index (χ0v) is 13.1. The maximum absolute atomic E-state index is 3.45. The maximum Gasteiger partial charge on any atom is 0.0355 e. The van der Waals surface area contributed by atoms with E-state index in [0.29, 0.717) is 12.0 Å². The molecule has 0 saturated heterocycles. The molecule has 0 aromatic heterocycles. The molecule has 0 aliphatic carbocycles. The van der Waals surface area contributed by atoms with Crippen molar-refractivity contribution in [2.24, 2.45) is 5.92 Å². The second-order valence-electron chi connectivity index (χ2n) is 5.72. The molecule has 2 atom stereocenters. The van der Waals surface area contributed by atoms with Crippen molar-refractivity contribution in [3.05, 3.63) is 35.9 Å². The summed E-state index contributed by atoms with van der Waals surface area (Å²) in [4.78, 5) is 4.64. The van der Waals surface area contributed by atoms with Crippen LogP contribution in [0.25, 0.3) is 0 Å². The predicted molar refractivity (Wildman–Crippen MR) is 83.5 cm³/mol. The number of likely N-dealkylation sites (N-methyl/N-ethyl adjacent to an activating group) is 2. The summed E-state index contributed by atoms with van der Waals surface area (Å²) in [7, 11) is 8.50. The normalized spacial score (nSPS) is 14.9. The number of hydrogen-bond donors (Lipinski definition) is 1. The van der Waals surface area contributed by atoms with Gasteiger partial charge in [0.15, 0.2) is 0 Å². The number of rotatable bonds is 8. The van der Waals surface area contributed by atoms with Crippen LogP contribution in [0.1, 0.15) is 18.5 Å². The van der Waals surface area contributed by atoms with Crippen molar-refractivity contribution >= 4 is 0 Å². The van der Waals surface area contributed by atoms with Crippen LogP contribution in [0.5, 0.6) is 0 Å². The van der Waals surface area contributed by atoms with Gasteiger partial charge in [-0.3, -0.25) is 0 Å². The molecular formula is C16H29N3. The van der Waals surface area contributed by atoms with Crippen molar-refractivity contribution in [1.82, 2.24) is 15.1 Å². The summed E-state index contributed by atoms with van der Waals surface area (Å²) in [5.41, 5.74) is 1.37. The van der Waals surface area contributed by atoms with Crippen molar-refractivity contribution < 1.29 is 0 Å². The smallest absolute Gasteiger partial charge is 0.0355 e. The average Bonchev–Trinajstić information content (AvgIpc) is 2.38. The Labute approximate surface area is 118 Å². The van der Waals surface area contributed by atoms with Gasteiger partial charge in [-0.2, -0.15) is 0 Å². The van der Waals surface area contributed by atoms with Crippen LogP contribution in [0.4, 0.5) is 0 Å². The summed E-state index contributed by atoms with van der Waals surface area (Å²) in [5.74, 6) is 0.583. The highest BCUT2D eigenvalue weighted by molar-refractivity contribution is 5.19. The predicted octanol–water partition coefficient (Wildman–Crippen LogP) is 2.08. The lowest BCUT2D eigenvalue weighted by molar-refractivity contribution is 0.230. The van der Waals surface area contributed by atoms with Gasteiger partial charge in [0.2, 0.25) is 0 Å². The fourth-order valence-corrected chi connectivity index (χ4v) is 2.50. The Morgan fingerprint density at radius 1 is 1.05 bits per heavy atom. The number of hydrogen-bond acceptors (Lipinski definition) is 3. The highest BCUT2D eigenvalue weighted by Gasteiger charge is 2.18. The number of nitrogens with zero attached hydrogens (tertiary/aromatic N) is 2. The summed E-state index contributed by atoms with van der Waals surface area (Å²) < 4.78 is 0. The SMILES string of the molecule is CN[C@@H](c1ccccc1)[C@@H](C)CN(C)CCN(C)C. The molecule has 0 spiro atoms. The molecule has 0 aliphatic rings. The average molecular weight is 263 g/mol. The molecule has 0 aliphatic heterocycles. The van der Waals surface area contributed by atoms with Gasteiger partial charge in [0.25, 0.3) is 0 Å². The van der Waals surface area contributed by atoms with Gasteiger partial charge < -0.3 is 15.1 Å². The third-order valence-electron chi connectivity index (χ3n) is 3.57. The van der Waals surface area contributed by atoms with Crippen molar-refractivity contribution in [1.29, 1.82) is 0 Å². The largest absolute Gasteiger partial charge is 0.313 e. The molecule has 0 radical (unpaired) electrons. The summed E-state index contributed by atoms with van der Waals surface area (Å²) in [6.07, 6.45) is 0. The Kier molecular flexibility index (Phi) is 7.06. The molecule has 108 valence electrons. The second-order valence-corrected chi connectivity index (χ2v) is 5.72. The van der Waals surface area contributed by atoms with Gasteiger partial charge in [-0.1, -0.05) is 37.3 Å². The highest BCUT2D eigenvalue weighted by atomic mass is 15.2. The topological polar surface area (TPSA) is 18.5 Å². The molecule has 3 heteroatoms. The summed E-state index contributed by atoms with van der Waals surface area (Å²) in [6.45, 7) is 5.65. The zero-order chi connectivity index (χ0) is 14.3. The summed E-state index contributed by atoms with van der Waals surface area (Å²) in [5, 5.41) is 3.45. The van der Waals surface area contributed by atoms with E-state index in [2.05, 4.69) is 73.5 Å². The first-order chi connectivity index (χ1) is 9.04. The molecule has 3 nitrogen and oxygen atoms in total. The van der Waals surface area contributed by atoms with E-state index in [1.807, 2.05) is 7.05 Å². The van der Waals surface area contributed by atoms with Crippen LogP contribution in [0.2, 0.25) is 0 Å². The zero-order valence-electron chi connectivity index (χ0n) is 13.1. The highest BCUT2D eigenvalue weighted by Crippen LogP contribution is 2.21. The molecule has 1 rings (SSSR count). The van der Waals surface area contributed by atoms with E-state index in [9.17, 15) is 0 Å². The molecule has 0 fully saturated rings. The van der Waals surface area contributed by atoms with E-state index in [1.165, 1.54) is 5.56 Å². The number of nitrogens with one attached hydrogen (secondary N) is 1. The minimum absolute atomic E-state index is 0.419. The molecule has 19 heavy (non-hydrogen) atoms. The lowest BCUT2D eigenvalue weighted by Crippen LogP contribution is -2.36. The van der Waals surface area contributed by atoms with Gasteiger partial charge in [0.1, 0.15) is 0 Å². The first-order valence-corrected chi connectivity index (χ1v) is 7.10. The van der Waals surface area contributed by atoms with Crippen LogP contribution in [-0.2, 0) is 0 Å². The molecule has 1 N–H and O–H groups in total. The third-order valence-corrected chi connectivity index (χ3v) is 3.57. The lowest BCUT2D eigenvalue weighted by Gasteiger charge is -2.29. The Hall–Kier alpha value is -0.900. The first kappa shape index (κ1) is 16.2. The van der Waals surface area contributed by atoms with Gasteiger partial charge in [-0.25, -0.2) is 0 Å². The van der Waals surface area contributed by atoms with Crippen molar-refractivity contribution in [3.8, 4) is 0 Å². The molecule has 1 aromatic carbocycles. The van der Waals surface area contributed by atoms with Crippen LogP contribution in [0.3, 0.4) is 0 Å². The molecular weight excluding hydrogens is 234 g/mol. The second kappa shape index (κ2) is 8.31. The van der Waals surface area contributed by atoms with E-state index in [4.69, 9.17) is 0 Å². The van der Waals surface area contributed by atoms with Crippen molar-refractivity contribution in [3.63, 3.8) is 0 Å². The summed E-state index contributed by atoms with van der Waals surface area (Å²) >= 11 is 0. The van der Waals surface area contributed by atoms with Crippen LogP contribution in [-0.4, -0.2) is 57.6 Å². The molecule has 1 aromatic rings. The fraction of sp³-hybridized carbons (Fsp3) is 0.625. The van der Waals surface area contributed by atoms with E-state index < -0.39 is 0 Å². The van der Waals surface area contributed by atoms with Crippen LogP contribution in [0.15, 0.2) is 30.3 Å². The minimum atomic E-state index is 0.419. The van der Waals surface area contributed by atoms with Crippen LogP contribution in [0, 0.1) is 5.92 Å². The van der Waals surface area contributed by atoms with Gasteiger partial charge in [-0.15, -0.1) is 0 Å². The van der Waals surface area contributed by atoms with E-state index in [0.717, 1.165) is 19.6 Å². The van der Waals surface area contributed by atoms with Gasteiger partial charge >= 0.3 is 0 Å². The first-order valence-electron chi connectivity index (χ1n) is 7.10. The molecule has 0 heterocycles. The quantitative estimate of drug-likeness (QED) is 0.775. The molecule has 0 amide bonds. The number of benzene rings is 1. The summed E-state index contributed by atoms with van der Waals surface area (Å²) in [6, 6.07) is 11.1. The Bertz CT molecular complexity index is 337. The Morgan fingerprint density at radius 2 is 1.68 bits per heavy atom. The van der Waals surface area contributed by atoms with Crippen LogP contribution >= 0.6 is 0 Å². The van der Waals surface area contributed by atoms with Crippen molar-refractivity contribution in [2.75, 3.05) is 47.8 Å². The Morgan fingerprint density at radius 3 is 2.21 bits per heavy atom. The molecule has 0 unspecified atom stereocenters. The third kappa shape index (κ3) is 5.72. The minimum Gasteiger partial charge on any atom is -0.313 e. The monoisotopic (exact) mass is 263 g/mol. The lowest BCUT2D eigenvalue weighted by atomic mass is 9.94. The maximum atomic E-state index is 3.45. The molecule has 0 saturated carbocycles. The standard InChI is InChI=1S/C16H29N3/c1-14(13-19(5)12-11-18(3)4)16(17-2)15-9-7-6-8-10-15/h6-10,14,16-17H,11-13H2,1-5H3/t14-,16+/m0/s1. The Balaban J connectivity index is 2.52. The van der Waals surface area contributed by atoms with Crippen LogP contribution < -0.4 is 5.32 Å². The fourth-order valence-electron chi connectivity index (χ4n) is 2.50. The van der Waals surface area contributed by atoms with E-state index in [-0.39, 0.29) is 0 Å². The van der Waals surface area contributed by atoms with Crippen molar-refractivity contribution in [2.45, 2.75) is 13.0 Å². The van der Waals surface area contributed by atoms with E-state index >= 15 is 0 Å². The van der Waals surface area contributed by atoms with E-state index in [1.54, 1.807) is 0 Å². The van der Waals surface area contributed by atoms with Gasteiger partial charge in [0.05, 0.1) is 0 Å². The van der Waals surface area contributed by atoms with Gasteiger partial charge in [-0.05, 0) is 39.7 Å². The van der Waals surface area contributed by atoms with Gasteiger partial charge in [0, 0.05) is 25.7 Å². The molecule has 0 bridgehead atoms.